The molecule has 42 N–H and O–H groups in total. The maximum atomic E-state index is 13.8. The third kappa shape index (κ3) is 33.0. The average molecular weight is 1910 g/mol. The average Bonchev–Trinajstić information content (AvgIpc) is 0.717. The number of halogens is 12. The van der Waals surface area contributed by atoms with E-state index in [0.717, 1.165) is 141 Å². The third-order valence-corrected chi connectivity index (χ3v) is 21.7. The van der Waals surface area contributed by atoms with Crippen LogP contribution in [0.2, 0.25) is 0 Å². The lowest BCUT2D eigenvalue weighted by Gasteiger charge is -2.38. The molecule has 1 unspecified atom stereocenters. The zero-order chi connectivity index (χ0) is 105. The summed E-state index contributed by atoms with van der Waals surface area (Å²) in [7, 11) is 3.00. The van der Waals surface area contributed by atoms with Crippen molar-refractivity contribution in [3.63, 3.8) is 0 Å². The largest absolute Gasteiger partial charge is 0.506 e. The molecule has 0 spiro atoms. The lowest BCUT2D eigenvalue weighted by molar-refractivity contribution is -0.290. The van der Waals surface area contributed by atoms with Crippen LogP contribution in [0.3, 0.4) is 0 Å². The lowest BCUT2D eigenvalue weighted by Crippen LogP contribution is -2.54. The molecule has 11 aromatic carbocycles. The Hall–Kier alpha value is -12.9. The Kier molecular flexibility index (Phi) is 51.0. The van der Waals surface area contributed by atoms with E-state index in [4.69, 9.17) is 123 Å². The van der Waals surface area contributed by atoms with Gasteiger partial charge in [-0.2, -0.15) is 52.7 Å². The second-order valence-electron chi connectivity index (χ2n) is 30.2. The van der Waals surface area contributed by atoms with Gasteiger partial charge in [0.05, 0.1) is 37.1 Å². The molecule has 0 radical (unpaired) electrons. The first-order chi connectivity index (χ1) is 62.9. The van der Waals surface area contributed by atoms with Gasteiger partial charge in [-0.15, -0.1) is 0 Å². The SMILES string of the molecule is CC(N)CCOCN.CO.CO.CO.Cc1c(C)c(CN)c(C)c(CN)c1C.Cc1c(C)c(N)c(C)c(C)c1N.Cc1c(C)c(N)c(C)c(N)c1C.NCCOCN.Nc1cc(C(c2ccc(O)c(N)c2)(C(F)(F)F)C(F)(F)F)ccc1O.Nc1cccc(-c2cccc(N)c2)c1.Nc1cccc(-c2cccc(N)c2)c1.Nc1cccc(C(c2ccc(O)c(N)c2)(C(F)(F)F)C(F)(F)F)c1. The van der Waals surface area contributed by atoms with Gasteiger partial charge >= 0.3 is 24.7 Å². The molecule has 11 rings (SSSR count). The fourth-order valence-electron chi connectivity index (χ4n) is 13.3. The molecule has 0 fully saturated rings. The van der Waals surface area contributed by atoms with Gasteiger partial charge in [-0.05, 0) is 316 Å². The van der Waals surface area contributed by atoms with Crippen LogP contribution >= 0.6 is 0 Å². The van der Waals surface area contributed by atoms with Crippen LogP contribution in [0, 0.1) is 83.1 Å². The number of hydrogen-bond acceptors (Lipinski definition) is 26. The van der Waals surface area contributed by atoms with Crippen molar-refractivity contribution in [2.24, 2.45) is 34.4 Å². The predicted octanol–water partition coefficient (Wildman–Crippen LogP) is 16.0. The standard InChI is InChI=1S/C15H12F6N2O2.C15H12F6N2O.2C12H12N2.C12H20N2.2C10H16N2.C5H14N2O.C3H10N2O.3CH4O/c16-14(17,18)13(15(19,20)21,7-1-3-11(24)9(22)5-7)8-2-4-12(25)10(23)6-8;16-14(17,18)13(15(19,20)21,8-2-1-3-10(22)6-8)9-4-5-12(24)11(23)7-9;2*13-11-5-1-3-9(7-11)10-4-2-6-12(14)8-10;1-7-8(2)11(5-13)10(4)12(6-14)9(7)3;1-5-6(2)10(12)8(4)7(3)9(5)11;1-5-6(2)9(11)8(4)10(12)7(5)3;1-5(7)2-3-8-4-6;4-1-2-6-3-5;3*1-2/h1-6,24-25H,22-23H2;1-7,24H,22-23H2;2*1-8H,13-14H2;5-6,13-14H2,1-4H3;2*11-12H2,1-4H3;5H,2-4,6-7H2,1H3;1-5H2;3*2H,1H3. The first-order valence-electron chi connectivity index (χ1n) is 41.3. The number of nitrogens with two attached hydrogens (primary N) is 18. The summed E-state index contributed by atoms with van der Waals surface area (Å²) in [6, 6.07) is 39.5. The smallest absolute Gasteiger partial charge is 0.411 e. The number of phenolic OH excluding ortho intramolecular Hbond substituents is 3. The van der Waals surface area contributed by atoms with Crippen molar-refractivity contribution in [3.8, 4) is 39.5 Å². The molecule has 135 heavy (non-hydrogen) atoms. The summed E-state index contributed by atoms with van der Waals surface area (Å²) in [5.41, 5.74) is 111. The second-order valence-corrected chi connectivity index (χ2v) is 30.2. The summed E-state index contributed by atoms with van der Waals surface area (Å²) < 4.78 is 175. The van der Waals surface area contributed by atoms with Crippen LogP contribution in [0.25, 0.3) is 22.3 Å². The molecule has 0 aliphatic rings. The quantitative estimate of drug-likeness (QED) is 0.0149. The number of anilines is 12. The van der Waals surface area contributed by atoms with Crippen LogP contribution in [0.1, 0.15) is 113 Å². The maximum absolute atomic E-state index is 13.8. The van der Waals surface area contributed by atoms with E-state index in [1.54, 1.807) is 0 Å². The topological polar surface area (TPSA) is 608 Å². The number of rotatable bonds is 15. The van der Waals surface area contributed by atoms with E-state index in [-0.39, 0.29) is 18.5 Å². The van der Waals surface area contributed by atoms with Gasteiger partial charge < -0.3 is 143 Å². The first-order valence-corrected chi connectivity index (χ1v) is 41.3. The number of ether oxygens (including phenoxy) is 2. The minimum atomic E-state index is -5.82. The molecule has 26 nitrogen and oxygen atoms in total. The normalized spacial score (nSPS) is 11.1. The number of alkyl halides is 12. The van der Waals surface area contributed by atoms with Gasteiger partial charge in [0.25, 0.3) is 0 Å². The number of nitrogen functional groups attached to an aromatic ring is 12. The summed E-state index contributed by atoms with van der Waals surface area (Å²) in [4.78, 5) is 0. The van der Waals surface area contributed by atoms with Crippen molar-refractivity contribution in [2.45, 2.75) is 151 Å². The highest BCUT2D eigenvalue weighted by Gasteiger charge is 2.74. The molecule has 1 atom stereocenters. The Morgan fingerprint density at radius 3 is 0.726 bits per heavy atom. The van der Waals surface area contributed by atoms with Gasteiger partial charge in [-0.25, -0.2) is 0 Å². The minimum absolute atomic E-state index is 0.224. The molecule has 0 saturated carbocycles. The van der Waals surface area contributed by atoms with E-state index in [2.05, 4.69) is 39.4 Å². The van der Waals surface area contributed by atoms with E-state index in [0.29, 0.717) is 106 Å². The van der Waals surface area contributed by atoms with Crippen LogP contribution in [0.4, 0.5) is 121 Å². The second kappa shape index (κ2) is 56.4. The van der Waals surface area contributed by atoms with Crippen molar-refractivity contribution >= 4 is 68.2 Å². The Morgan fingerprint density at radius 2 is 0.511 bits per heavy atom. The van der Waals surface area contributed by atoms with E-state index < -0.39 is 92.1 Å². The van der Waals surface area contributed by atoms with Crippen LogP contribution in [0.15, 0.2) is 176 Å². The van der Waals surface area contributed by atoms with Crippen LogP contribution in [-0.2, 0) is 33.4 Å². The predicted molar refractivity (Wildman–Crippen MR) is 527 cm³/mol. The molecule has 0 aliphatic heterocycles. The number of benzene rings is 11. The third-order valence-electron chi connectivity index (χ3n) is 21.7. The molecule has 0 amide bonds. The zero-order valence-electron chi connectivity index (χ0n) is 78.9. The fourth-order valence-corrected chi connectivity index (χ4v) is 13.3. The van der Waals surface area contributed by atoms with Crippen molar-refractivity contribution in [1.29, 1.82) is 0 Å². The summed E-state index contributed by atoms with van der Waals surface area (Å²) in [6.07, 6.45) is -22.2. The molecule has 11 aromatic rings. The number of hydrogen-bond donors (Lipinski definition) is 24. The van der Waals surface area contributed by atoms with Gasteiger partial charge in [0.2, 0.25) is 10.8 Å². The van der Waals surface area contributed by atoms with Crippen LogP contribution < -0.4 is 103 Å². The lowest BCUT2D eigenvalue weighted by atomic mass is 9.72. The fraction of sp³-hybridized carbons (Fsp3) is 0.320. The summed E-state index contributed by atoms with van der Waals surface area (Å²) in [5.74, 6) is -1.94. The van der Waals surface area contributed by atoms with Crippen molar-refractivity contribution in [3.05, 3.63) is 276 Å². The number of aliphatic hydroxyl groups excluding tert-OH is 3. The highest BCUT2D eigenvalue weighted by atomic mass is 19.4. The molecule has 0 heterocycles. The van der Waals surface area contributed by atoms with Crippen molar-refractivity contribution in [2.75, 3.05) is 123 Å². The van der Waals surface area contributed by atoms with Gasteiger partial charge in [0.1, 0.15) is 17.2 Å². The van der Waals surface area contributed by atoms with Crippen LogP contribution in [-0.4, -0.2) is 116 Å². The molecular formula is C97H136F12N18O8. The Morgan fingerprint density at radius 1 is 0.281 bits per heavy atom. The number of aliphatic hydroxyl groups is 3. The van der Waals surface area contributed by atoms with E-state index >= 15 is 0 Å². The van der Waals surface area contributed by atoms with Gasteiger partial charge in [0.15, 0.2) is 0 Å². The molecule has 0 aliphatic carbocycles. The Bertz CT molecular complexity index is 4940. The van der Waals surface area contributed by atoms with E-state index in [1.807, 2.05) is 152 Å². The van der Waals surface area contributed by atoms with E-state index in [9.17, 15) is 68.0 Å². The highest BCUT2D eigenvalue weighted by Crippen LogP contribution is 2.59. The molecule has 0 saturated heterocycles. The Balaban J connectivity index is 0.00000152. The molecule has 0 bridgehead atoms. The van der Waals surface area contributed by atoms with E-state index in [1.165, 1.54) is 45.0 Å². The molecule has 746 valence electrons. The van der Waals surface area contributed by atoms with Crippen molar-refractivity contribution in [1.82, 2.24) is 0 Å². The summed E-state index contributed by atoms with van der Waals surface area (Å²) >= 11 is 0. The Labute approximate surface area is 781 Å². The minimum Gasteiger partial charge on any atom is -0.506 e. The zero-order valence-corrected chi connectivity index (χ0v) is 78.9. The first kappa shape index (κ1) is 122. The monoisotopic (exact) mass is 1910 g/mol. The summed E-state index contributed by atoms with van der Waals surface area (Å²) in [6.45, 7) is 30.2. The number of aromatic hydroxyl groups is 3. The van der Waals surface area contributed by atoms with Crippen LogP contribution in [0.5, 0.6) is 17.2 Å². The molecular weight excluding hydrogens is 1770 g/mol. The van der Waals surface area contributed by atoms with Gasteiger partial charge in [-0.3, -0.25) is 0 Å². The summed E-state index contributed by atoms with van der Waals surface area (Å²) in [5, 5.41) is 49.0. The van der Waals surface area contributed by atoms with Gasteiger partial charge in [0, 0.05) is 105 Å². The van der Waals surface area contributed by atoms with Gasteiger partial charge in [-0.1, -0.05) is 78.9 Å². The molecule has 0 aromatic heterocycles. The number of phenols is 3. The maximum Gasteiger partial charge on any atom is 0.411 e. The highest BCUT2D eigenvalue weighted by molar-refractivity contribution is 5.74. The van der Waals surface area contributed by atoms with Crippen molar-refractivity contribution < 1.29 is 92.8 Å². The molecule has 38 heteroatoms.